The zero-order chi connectivity index (χ0) is 25.9. The van der Waals surface area contributed by atoms with Gasteiger partial charge in [-0.1, -0.05) is 0 Å². The van der Waals surface area contributed by atoms with E-state index in [1.54, 1.807) is 35.3 Å². The van der Waals surface area contributed by atoms with Crippen molar-refractivity contribution < 1.29 is 13.2 Å². The van der Waals surface area contributed by atoms with E-state index in [1.165, 1.54) is 12.4 Å². The van der Waals surface area contributed by atoms with Gasteiger partial charge in [0.1, 0.15) is 11.6 Å². The quantitative estimate of drug-likeness (QED) is 0.387. The van der Waals surface area contributed by atoms with Gasteiger partial charge >= 0.3 is 6.03 Å². The maximum absolute atomic E-state index is 12.6. The summed E-state index contributed by atoms with van der Waals surface area (Å²) in [5.41, 5.74) is 1.34. The van der Waals surface area contributed by atoms with Gasteiger partial charge in [0, 0.05) is 44.6 Å². The van der Waals surface area contributed by atoms with Gasteiger partial charge in [0.2, 0.25) is 0 Å². The third kappa shape index (κ3) is 4.06. The summed E-state index contributed by atoms with van der Waals surface area (Å²) in [4.78, 5) is 29.3. The number of amides is 2. The molecule has 6 rings (SSSR count). The van der Waals surface area contributed by atoms with Crippen LogP contribution in [0.15, 0.2) is 36.9 Å². The Morgan fingerprint density at radius 2 is 1.92 bits per heavy atom. The van der Waals surface area contributed by atoms with Gasteiger partial charge in [0.15, 0.2) is 11.6 Å². The van der Waals surface area contributed by atoms with Crippen LogP contribution in [0.25, 0.3) is 22.3 Å². The number of fused-ring (bicyclic) bond motifs is 1. The number of likely N-dealkylation sites (N-methyl/N-ethyl adjacent to an activating group) is 1. The van der Waals surface area contributed by atoms with Crippen LogP contribution in [0.4, 0.5) is 22.2 Å². The number of nitrogens with zero attached hydrogens (tertiary/aromatic N) is 9. The molecule has 5 heterocycles. The number of pyridine rings is 1. The topological polar surface area (TPSA) is 144 Å². The normalized spacial score (nSPS) is 16.4. The van der Waals surface area contributed by atoms with Crippen molar-refractivity contribution >= 4 is 44.4 Å². The second-order valence-corrected chi connectivity index (χ2v) is 11.6. The highest BCUT2D eigenvalue weighted by Crippen LogP contribution is 2.32. The third-order valence-electron chi connectivity index (χ3n) is 6.47. The zero-order valence-corrected chi connectivity index (χ0v) is 21.4. The van der Waals surface area contributed by atoms with E-state index in [4.69, 9.17) is 5.10 Å². The van der Waals surface area contributed by atoms with Crippen molar-refractivity contribution in [2.75, 3.05) is 30.4 Å². The highest BCUT2D eigenvalue weighted by molar-refractivity contribution is 7.90. The molecular weight excluding hydrogens is 496 g/mol. The summed E-state index contributed by atoms with van der Waals surface area (Å²) in [5, 5.41) is 12.4. The molecular formula is C23H26N10O3S. The fourth-order valence-corrected chi connectivity index (χ4v) is 5.77. The predicted molar refractivity (Wildman–Crippen MR) is 137 cm³/mol. The third-order valence-corrected chi connectivity index (χ3v) is 8.51. The maximum Gasteiger partial charge on any atom is 0.325 e. The molecule has 0 atom stereocenters. The first-order chi connectivity index (χ1) is 17.7. The van der Waals surface area contributed by atoms with Crippen molar-refractivity contribution in [1.29, 1.82) is 0 Å². The standard InChI is InChI=1S/C23H26N10O3S/c1-14(2)33-18-10-20(25-12-17(18)22(29-33)31-9-8-30(3)23(31)34)27-19-6-7-24-21(28-19)15-11-26-32(13-15)37(35,36)16-4-5-16/h6-7,10-14,16H,4-5,8-9H2,1-3H3,(H,24,25,27,28). The van der Waals surface area contributed by atoms with Gasteiger partial charge in [-0.05, 0) is 32.8 Å². The summed E-state index contributed by atoms with van der Waals surface area (Å²) in [6.07, 6.45) is 7.50. The fourth-order valence-electron chi connectivity index (χ4n) is 4.30. The Hall–Kier alpha value is -4.07. The molecule has 1 aliphatic heterocycles. The Kier molecular flexibility index (Phi) is 5.36. The Morgan fingerprint density at radius 3 is 2.62 bits per heavy atom. The number of carbonyl (C=O) groups is 1. The lowest BCUT2D eigenvalue weighted by molar-refractivity contribution is 0.229. The molecule has 2 aliphatic rings. The van der Waals surface area contributed by atoms with E-state index in [9.17, 15) is 13.2 Å². The molecule has 0 bridgehead atoms. The first-order valence-electron chi connectivity index (χ1n) is 12.0. The van der Waals surface area contributed by atoms with Gasteiger partial charge in [0.25, 0.3) is 10.0 Å². The van der Waals surface area contributed by atoms with Crippen molar-refractivity contribution in [2.24, 2.45) is 0 Å². The molecule has 2 fully saturated rings. The van der Waals surface area contributed by atoms with Crippen LogP contribution in [0.2, 0.25) is 0 Å². The number of anilines is 3. The lowest BCUT2D eigenvalue weighted by Gasteiger charge is -2.13. The van der Waals surface area contributed by atoms with Crippen molar-refractivity contribution in [1.82, 2.24) is 38.8 Å². The lowest BCUT2D eigenvalue weighted by atomic mass is 10.2. The van der Waals surface area contributed by atoms with Crippen LogP contribution in [-0.4, -0.2) is 78.7 Å². The largest absolute Gasteiger partial charge is 0.326 e. The Labute approximate surface area is 213 Å². The zero-order valence-electron chi connectivity index (χ0n) is 20.6. The molecule has 14 heteroatoms. The second kappa shape index (κ2) is 8.50. The molecule has 192 valence electrons. The molecule has 2 amide bonds. The number of aromatic nitrogens is 7. The Bertz CT molecular complexity index is 1620. The van der Waals surface area contributed by atoms with Gasteiger partial charge < -0.3 is 10.2 Å². The highest BCUT2D eigenvalue weighted by atomic mass is 32.2. The minimum Gasteiger partial charge on any atom is -0.326 e. The Balaban J connectivity index is 1.30. The van der Waals surface area contributed by atoms with Crippen LogP contribution in [0, 0.1) is 0 Å². The molecule has 0 aromatic carbocycles. The number of urea groups is 1. The minimum atomic E-state index is -3.47. The molecule has 4 aromatic rings. The molecule has 1 saturated heterocycles. The van der Waals surface area contributed by atoms with Gasteiger partial charge in [-0.3, -0.25) is 9.58 Å². The van der Waals surface area contributed by atoms with E-state index in [0.29, 0.717) is 54.8 Å². The van der Waals surface area contributed by atoms with E-state index < -0.39 is 10.0 Å². The number of nitrogens with one attached hydrogen (secondary N) is 1. The van der Waals surface area contributed by atoms with Crippen LogP contribution < -0.4 is 10.2 Å². The molecule has 4 aromatic heterocycles. The summed E-state index contributed by atoms with van der Waals surface area (Å²) in [6.45, 7) is 5.27. The molecule has 1 N–H and O–H groups in total. The first kappa shape index (κ1) is 23.3. The van der Waals surface area contributed by atoms with Crippen molar-refractivity contribution in [2.45, 2.75) is 38.0 Å². The van der Waals surface area contributed by atoms with Crippen molar-refractivity contribution in [3.05, 3.63) is 36.9 Å². The molecule has 37 heavy (non-hydrogen) atoms. The molecule has 0 spiro atoms. The van der Waals surface area contributed by atoms with E-state index in [1.807, 2.05) is 24.6 Å². The average molecular weight is 523 g/mol. The van der Waals surface area contributed by atoms with Crippen molar-refractivity contribution in [3.63, 3.8) is 0 Å². The Morgan fingerprint density at radius 1 is 1.11 bits per heavy atom. The minimum absolute atomic E-state index is 0.0658. The maximum atomic E-state index is 12.6. The number of hydrogen-bond donors (Lipinski definition) is 1. The van der Waals surface area contributed by atoms with E-state index in [0.717, 1.165) is 15.0 Å². The molecule has 0 radical (unpaired) electrons. The van der Waals surface area contributed by atoms with Gasteiger partial charge in [0.05, 0.1) is 34.1 Å². The second-order valence-electron chi connectivity index (χ2n) is 9.54. The van der Waals surface area contributed by atoms with Crippen LogP contribution >= 0.6 is 0 Å². The first-order valence-corrected chi connectivity index (χ1v) is 13.5. The lowest BCUT2D eigenvalue weighted by Crippen LogP contribution is -2.29. The van der Waals surface area contributed by atoms with Crippen LogP contribution in [0.3, 0.4) is 0 Å². The molecule has 1 saturated carbocycles. The van der Waals surface area contributed by atoms with Gasteiger partial charge in [-0.25, -0.2) is 28.2 Å². The van der Waals surface area contributed by atoms with Crippen LogP contribution in [0.1, 0.15) is 32.7 Å². The number of hydrogen-bond acceptors (Lipinski definition) is 9. The SMILES string of the molecule is CC(C)n1nc(N2CCN(C)C2=O)c2cnc(Nc3ccnc(-c4cnn(S(=O)(=O)C5CC5)c4)n3)cc21. The fraction of sp³-hybridized carbons (Fsp3) is 0.391. The smallest absolute Gasteiger partial charge is 0.325 e. The van der Waals surface area contributed by atoms with Gasteiger partial charge in [-0.15, -0.1) is 0 Å². The van der Waals surface area contributed by atoms with Crippen LogP contribution in [-0.2, 0) is 10.0 Å². The van der Waals surface area contributed by atoms with E-state index in [-0.39, 0.29) is 17.3 Å². The molecule has 0 unspecified atom stereocenters. The monoisotopic (exact) mass is 522 g/mol. The summed E-state index contributed by atoms with van der Waals surface area (Å²) in [7, 11) is -1.69. The predicted octanol–water partition coefficient (Wildman–Crippen LogP) is 2.62. The van der Waals surface area contributed by atoms with Crippen LogP contribution in [0.5, 0.6) is 0 Å². The summed E-state index contributed by atoms with van der Waals surface area (Å²) >= 11 is 0. The number of rotatable bonds is 7. The molecule has 1 aliphatic carbocycles. The number of carbonyl (C=O) groups excluding carboxylic acids is 1. The summed E-state index contributed by atoms with van der Waals surface area (Å²) < 4.78 is 27.8. The average Bonchev–Trinajstić information content (AvgIpc) is 3.37. The van der Waals surface area contributed by atoms with Crippen molar-refractivity contribution in [3.8, 4) is 11.4 Å². The summed E-state index contributed by atoms with van der Waals surface area (Å²) in [6, 6.07) is 3.55. The highest BCUT2D eigenvalue weighted by Gasteiger charge is 2.37. The van der Waals surface area contributed by atoms with Gasteiger partial charge in [-0.2, -0.15) is 14.3 Å². The summed E-state index contributed by atoms with van der Waals surface area (Å²) in [5.74, 6) is 1.97. The van der Waals surface area contributed by atoms with E-state index in [2.05, 4.69) is 25.4 Å². The van der Waals surface area contributed by atoms with E-state index >= 15 is 0 Å². The molecule has 13 nitrogen and oxygen atoms in total.